The summed E-state index contributed by atoms with van der Waals surface area (Å²) in [4.78, 5) is 40.8. The molecule has 8 heteroatoms. The van der Waals surface area contributed by atoms with E-state index in [-0.39, 0.29) is 17.2 Å². The maximum absolute atomic E-state index is 12.8. The van der Waals surface area contributed by atoms with Gasteiger partial charge in [0, 0.05) is 13.1 Å². The Morgan fingerprint density at radius 1 is 1.27 bits per heavy atom. The summed E-state index contributed by atoms with van der Waals surface area (Å²) in [6.45, 7) is 6.98. The summed E-state index contributed by atoms with van der Waals surface area (Å²) in [5.74, 6) is -0.173. The second-order valence-corrected chi connectivity index (χ2v) is 7.26. The topological polar surface area (TPSA) is 93.1 Å². The van der Waals surface area contributed by atoms with Crippen molar-refractivity contribution in [3.05, 3.63) is 34.6 Å². The molecule has 0 aliphatic rings. The number of urea groups is 1. The van der Waals surface area contributed by atoms with E-state index >= 15 is 0 Å². The Bertz CT molecular complexity index is 848. The number of nitrogens with one attached hydrogen (secondary N) is 2. The third-order valence-corrected chi connectivity index (χ3v) is 4.47. The number of carbonyl (C=O) groups excluding carboxylic acids is 2. The number of carbonyl (C=O) groups is 2. The number of nitrogens with zero attached hydrogens (tertiary/aromatic N) is 2. The molecule has 1 aromatic heterocycles. The van der Waals surface area contributed by atoms with Crippen LogP contribution in [0, 0.1) is 5.92 Å². The van der Waals surface area contributed by atoms with E-state index in [0.29, 0.717) is 29.1 Å². The molecule has 0 bridgehead atoms. The summed E-state index contributed by atoms with van der Waals surface area (Å²) in [6, 6.07) is 6.64. The average Bonchev–Trinajstić information content (AvgIpc) is 2.60. The van der Waals surface area contributed by atoms with Crippen LogP contribution in [-0.4, -0.2) is 33.8 Å². The molecule has 2 N–H and O–H groups in total. The molecule has 0 aliphatic carbocycles. The van der Waals surface area contributed by atoms with Crippen molar-refractivity contribution < 1.29 is 9.59 Å². The van der Waals surface area contributed by atoms with Crippen LogP contribution in [0.15, 0.2) is 34.2 Å². The van der Waals surface area contributed by atoms with Crippen LogP contribution in [0.2, 0.25) is 0 Å². The van der Waals surface area contributed by atoms with Crippen LogP contribution in [0.4, 0.5) is 4.79 Å². The van der Waals surface area contributed by atoms with Gasteiger partial charge in [-0.1, -0.05) is 44.7 Å². The van der Waals surface area contributed by atoms with E-state index in [1.165, 1.54) is 0 Å². The highest BCUT2D eigenvalue weighted by atomic mass is 32.2. The fourth-order valence-corrected chi connectivity index (χ4v) is 3.17. The normalized spacial score (nSPS) is 10.9. The zero-order valence-electron chi connectivity index (χ0n) is 15.2. The third-order valence-electron chi connectivity index (χ3n) is 3.50. The molecule has 2 rings (SSSR count). The zero-order chi connectivity index (χ0) is 19.1. The Morgan fingerprint density at radius 3 is 2.69 bits per heavy atom. The van der Waals surface area contributed by atoms with E-state index in [0.717, 1.165) is 18.2 Å². The van der Waals surface area contributed by atoms with Crippen molar-refractivity contribution in [2.45, 2.75) is 38.9 Å². The molecule has 0 fully saturated rings. The van der Waals surface area contributed by atoms with E-state index in [9.17, 15) is 14.4 Å². The summed E-state index contributed by atoms with van der Waals surface area (Å²) in [7, 11) is 0. The average molecular weight is 376 g/mol. The van der Waals surface area contributed by atoms with Crippen LogP contribution in [0.25, 0.3) is 10.9 Å². The number of hydrogen-bond acceptors (Lipinski definition) is 5. The molecule has 0 atom stereocenters. The number of rotatable bonds is 7. The van der Waals surface area contributed by atoms with Crippen molar-refractivity contribution in [2.75, 3.05) is 12.3 Å². The highest BCUT2D eigenvalue weighted by molar-refractivity contribution is 7.99. The van der Waals surface area contributed by atoms with Gasteiger partial charge in [-0.05, 0) is 24.5 Å². The minimum absolute atomic E-state index is 0.00240. The summed E-state index contributed by atoms with van der Waals surface area (Å²) in [6.07, 6.45) is 0.791. The van der Waals surface area contributed by atoms with E-state index in [1.807, 2.05) is 26.8 Å². The van der Waals surface area contributed by atoms with E-state index in [4.69, 9.17) is 0 Å². The third kappa shape index (κ3) is 5.32. The highest BCUT2D eigenvalue weighted by Crippen LogP contribution is 2.18. The first kappa shape index (κ1) is 20.0. The van der Waals surface area contributed by atoms with Gasteiger partial charge < -0.3 is 5.32 Å². The van der Waals surface area contributed by atoms with Gasteiger partial charge in [0.05, 0.1) is 16.7 Å². The summed E-state index contributed by atoms with van der Waals surface area (Å²) in [5, 5.41) is 5.89. The number of thioether (sulfide) groups is 1. The number of hydrogen-bond donors (Lipinski definition) is 2. The molecular weight excluding hydrogens is 352 g/mol. The second kappa shape index (κ2) is 9.38. The number of aromatic nitrogens is 2. The molecule has 2 aromatic rings. The molecule has 0 saturated carbocycles. The Hall–Kier alpha value is -2.35. The molecule has 0 radical (unpaired) electrons. The lowest BCUT2D eigenvalue weighted by Crippen LogP contribution is -2.40. The lowest BCUT2D eigenvalue weighted by atomic mass is 10.2. The number of para-hydroxylation sites is 1. The fraction of sp³-hybridized carbons (Fsp3) is 0.444. The zero-order valence-corrected chi connectivity index (χ0v) is 16.1. The first-order valence-corrected chi connectivity index (χ1v) is 9.61. The van der Waals surface area contributed by atoms with Gasteiger partial charge >= 0.3 is 6.03 Å². The molecular formula is C18H24N4O3S. The summed E-state index contributed by atoms with van der Waals surface area (Å²) >= 11 is 1.15. The van der Waals surface area contributed by atoms with Gasteiger partial charge in [-0.3, -0.25) is 19.5 Å². The molecule has 0 saturated heterocycles. The molecule has 26 heavy (non-hydrogen) atoms. The molecule has 1 heterocycles. The maximum Gasteiger partial charge on any atom is 0.321 e. The van der Waals surface area contributed by atoms with Gasteiger partial charge in [-0.25, -0.2) is 9.78 Å². The van der Waals surface area contributed by atoms with Crippen molar-refractivity contribution in [3.8, 4) is 0 Å². The first-order chi connectivity index (χ1) is 12.4. The molecule has 7 nitrogen and oxygen atoms in total. The number of imide groups is 1. The van der Waals surface area contributed by atoms with Gasteiger partial charge in [0.15, 0.2) is 5.16 Å². The number of benzene rings is 1. The predicted molar refractivity (Wildman–Crippen MR) is 103 cm³/mol. The number of fused-ring (bicyclic) bond motifs is 1. The molecule has 0 unspecified atom stereocenters. The van der Waals surface area contributed by atoms with Crippen molar-refractivity contribution in [1.29, 1.82) is 0 Å². The Morgan fingerprint density at radius 2 is 2.00 bits per heavy atom. The second-order valence-electron chi connectivity index (χ2n) is 6.31. The minimum atomic E-state index is -0.511. The van der Waals surface area contributed by atoms with Crippen LogP contribution < -0.4 is 16.2 Å². The molecule has 0 aliphatic heterocycles. The SMILES string of the molecule is CCCNC(=O)NC(=O)CSc1nc2ccccc2c(=O)n1CC(C)C. The standard InChI is InChI=1S/C18H24N4O3S/c1-4-9-19-17(25)21-15(23)11-26-18-20-14-8-6-5-7-13(14)16(24)22(18)10-12(2)3/h5-8,12H,4,9-11H2,1-3H3,(H2,19,21,23,25). The Labute approximate surface area is 156 Å². The van der Waals surface area contributed by atoms with Crippen LogP contribution in [0.5, 0.6) is 0 Å². The van der Waals surface area contributed by atoms with Crippen molar-refractivity contribution in [2.24, 2.45) is 5.92 Å². The smallest absolute Gasteiger partial charge is 0.321 e. The van der Waals surface area contributed by atoms with Gasteiger partial charge in [-0.15, -0.1) is 0 Å². The van der Waals surface area contributed by atoms with Gasteiger partial charge in [0.2, 0.25) is 5.91 Å². The maximum atomic E-state index is 12.8. The van der Waals surface area contributed by atoms with Crippen LogP contribution in [0.3, 0.4) is 0 Å². The Kier molecular flexibility index (Phi) is 7.20. The molecule has 1 aromatic carbocycles. The van der Waals surface area contributed by atoms with Crippen molar-refractivity contribution in [1.82, 2.24) is 20.2 Å². The fourth-order valence-electron chi connectivity index (χ4n) is 2.36. The van der Waals surface area contributed by atoms with Gasteiger partial charge in [-0.2, -0.15) is 0 Å². The van der Waals surface area contributed by atoms with Gasteiger partial charge in [0.25, 0.3) is 5.56 Å². The van der Waals surface area contributed by atoms with Crippen molar-refractivity contribution in [3.63, 3.8) is 0 Å². The highest BCUT2D eigenvalue weighted by Gasteiger charge is 2.15. The monoisotopic (exact) mass is 376 g/mol. The lowest BCUT2D eigenvalue weighted by Gasteiger charge is -2.14. The minimum Gasteiger partial charge on any atom is -0.338 e. The molecule has 0 spiro atoms. The van der Waals surface area contributed by atoms with E-state index < -0.39 is 11.9 Å². The first-order valence-electron chi connectivity index (χ1n) is 8.62. The molecule has 3 amide bonds. The van der Waals surface area contributed by atoms with Crippen LogP contribution in [0.1, 0.15) is 27.2 Å². The summed E-state index contributed by atoms with van der Waals surface area (Å²) in [5.41, 5.74) is 0.481. The van der Waals surface area contributed by atoms with Gasteiger partial charge in [0.1, 0.15) is 0 Å². The predicted octanol–water partition coefficient (Wildman–Crippen LogP) is 2.38. The van der Waals surface area contributed by atoms with Crippen LogP contribution >= 0.6 is 11.8 Å². The lowest BCUT2D eigenvalue weighted by molar-refractivity contribution is -0.117. The largest absolute Gasteiger partial charge is 0.338 e. The molecule has 140 valence electrons. The van der Waals surface area contributed by atoms with Crippen LogP contribution in [-0.2, 0) is 11.3 Å². The van der Waals surface area contributed by atoms with E-state index in [1.54, 1.807) is 22.8 Å². The number of amides is 3. The summed E-state index contributed by atoms with van der Waals surface area (Å²) < 4.78 is 1.60. The quantitative estimate of drug-likeness (QED) is 0.572. The van der Waals surface area contributed by atoms with E-state index in [2.05, 4.69) is 15.6 Å². The Balaban J connectivity index is 2.18. The van der Waals surface area contributed by atoms with Crippen molar-refractivity contribution >= 4 is 34.6 Å².